The molecular formula is C21H25ClN2O4. The smallest absolute Gasteiger partial charge is 0.254 e. The van der Waals surface area contributed by atoms with Crippen LogP contribution in [0.5, 0.6) is 17.2 Å². The van der Waals surface area contributed by atoms with Gasteiger partial charge in [0.15, 0.2) is 11.5 Å². The first-order valence-electron chi connectivity index (χ1n) is 9.43. The number of ether oxygens (including phenoxy) is 2. The number of amides is 1. The molecule has 1 N–H and O–H groups in total. The molecule has 0 radical (unpaired) electrons. The molecule has 1 heterocycles. The Morgan fingerprint density at radius 3 is 2.50 bits per heavy atom. The molecule has 2 aromatic carbocycles. The van der Waals surface area contributed by atoms with E-state index in [0.29, 0.717) is 31.9 Å². The van der Waals surface area contributed by atoms with Gasteiger partial charge in [-0.25, -0.2) is 0 Å². The van der Waals surface area contributed by atoms with Gasteiger partial charge in [-0.1, -0.05) is 29.8 Å². The van der Waals surface area contributed by atoms with E-state index in [0.717, 1.165) is 25.4 Å². The number of rotatable bonds is 7. The van der Waals surface area contributed by atoms with Gasteiger partial charge in [0.2, 0.25) is 0 Å². The van der Waals surface area contributed by atoms with Gasteiger partial charge in [-0.05, 0) is 31.2 Å². The number of hydrogen-bond acceptors (Lipinski definition) is 5. The average molecular weight is 405 g/mol. The van der Waals surface area contributed by atoms with Crippen molar-refractivity contribution in [3.8, 4) is 17.2 Å². The Morgan fingerprint density at radius 1 is 1.11 bits per heavy atom. The minimum Gasteiger partial charge on any atom is -0.503 e. The van der Waals surface area contributed by atoms with Crippen LogP contribution >= 0.6 is 11.6 Å². The van der Waals surface area contributed by atoms with Crippen LogP contribution in [0.15, 0.2) is 42.5 Å². The molecule has 1 saturated heterocycles. The molecule has 28 heavy (non-hydrogen) atoms. The highest BCUT2D eigenvalue weighted by Crippen LogP contribution is 2.35. The maximum Gasteiger partial charge on any atom is 0.254 e. The van der Waals surface area contributed by atoms with Crippen LogP contribution in [-0.4, -0.2) is 66.8 Å². The summed E-state index contributed by atoms with van der Waals surface area (Å²) in [5.41, 5.74) is 0.423. The number of carbonyl (C=O) groups excluding carboxylic acids is 1. The number of benzene rings is 2. The summed E-state index contributed by atoms with van der Waals surface area (Å²) in [5, 5.41) is 10.1. The van der Waals surface area contributed by atoms with Crippen LogP contribution in [0.4, 0.5) is 0 Å². The Kier molecular flexibility index (Phi) is 7.01. The number of piperazine rings is 1. The van der Waals surface area contributed by atoms with Crippen molar-refractivity contribution in [1.82, 2.24) is 9.80 Å². The molecule has 6 nitrogen and oxygen atoms in total. The van der Waals surface area contributed by atoms with Crippen LogP contribution in [0.1, 0.15) is 17.3 Å². The van der Waals surface area contributed by atoms with Crippen molar-refractivity contribution in [2.24, 2.45) is 0 Å². The van der Waals surface area contributed by atoms with Gasteiger partial charge < -0.3 is 19.5 Å². The molecule has 0 unspecified atom stereocenters. The Morgan fingerprint density at radius 2 is 1.82 bits per heavy atom. The summed E-state index contributed by atoms with van der Waals surface area (Å²) in [5.74, 6) is 0.854. The first kappa shape index (κ1) is 20.3. The summed E-state index contributed by atoms with van der Waals surface area (Å²) < 4.78 is 11.1. The van der Waals surface area contributed by atoms with Gasteiger partial charge in [0.25, 0.3) is 5.91 Å². The average Bonchev–Trinajstić information content (AvgIpc) is 2.72. The van der Waals surface area contributed by atoms with E-state index in [1.807, 2.05) is 37.3 Å². The predicted octanol–water partition coefficient (Wildman–Crippen LogP) is 3.28. The summed E-state index contributed by atoms with van der Waals surface area (Å²) in [7, 11) is 0. The molecule has 3 rings (SSSR count). The molecule has 0 aliphatic carbocycles. The van der Waals surface area contributed by atoms with E-state index < -0.39 is 0 Å². The fraction of sp³-hybridized carbons (Fsp3) is 0.381. The molecule has 1 aliphatic rings. The number of hydrogen-bond donors (Lipinski definition) is 1. The fourth-order valence-electron chi connectivity index (χ4n) is 3.13. The molecule has 0 bridgehead atoms. The van der Waals surface area contributed by atoms with Gasteiger partial charge in [0, 0.05) is 38.3 Å². The van der Waals surface area contributed by atoms with Crippen molar-refractivity contribution in [2.45, 2.75) is 6.92 Å². The molecule has 0 spiro atoms. The zero-order chi connectivity index (χ0) is 19.9. The fourth-order valence-corrected chi connectivity index (χ4v) is 3.34. The van der Waals surface area contributed by atoms with E-state index in [2.05, 4.69) is 4.90 Å². The Balaban J connectivity index is 1.51. The standard InChI is InChI=1S/C21H25ClN2O4/c1-2-27-19-15-16(14-18(22)20(19)25)21(26)24-10-8-23(9-11-24)12-13-28-17-6-4-3-5-7-17/h3-7,14-15,25H,2,8-13H2,1H3. The van der Waals surface area contributed by atoms with E-state index >= 15 is 0 Å². The first-order chi connectivity index (χ1) is 13.6. The van der Waals surface area contributed by atoms with E-state index in [1.165, 1.54) is 6.07 Å². The van der Waals surface area contributed by atoms with Crippen LogP contribution in [-0.2, 0) is 0 Å². The second kappa shape index (κ2) is 9.66. The highest BCUT2D eigenvalue weighted by Gasteiger charge is 2.24. The lowest BCUT2D eigenvalue weighted by Gasteiger charge is -2.34. The second-order valence-corrected chi connectivity index (χ2v) is 6.94. The monoisotopic (exact) mass is 404 g/mol. The number of halogens is 1. The number of phenolic OH excluding ortho intramolecular Hbond substituents is 1. The SMILES string of the molecule is CCOc1cc(C(=O)N2CCN(CCOc3ccccc3)CC2)cc(Cl)c1O. The largest absolute Gasteiger partial charge is 0.503 e. The van der Waals surface area contributed by atoms with Crippen LogP contribution in [0.3, 0.4) is 0 Å². The Bertz CT molecular complexity index is 792. The van der Waals surface area contributed by atoms with E-state index in [4.69, 9.17) is 21.1 Å². The zero-order valence-corrected chi connectivity index (χ0v) is 16.7. The van der Waals surface area contributed by atoms with Crippen molar-refractivity contribution in [3.63, 3.8) is 0 Å². The van der Waals surface area contributed by atoms with Crippen molar-refractivity contribution < 1.29 is 19.4 Å². The summed E-state index contributed by atoms with van der Waals surface area (Å²) in [6.45, 7) is 6.45. The van der Waals surface area contributed by atoms with Gasteiger partial charge in [-0.15, -0.1) is 0 Å². The Labute approximate surface area is 170 Å². The van der Waals surface area contributed by atoms with E-state index in [9.17, 15) is 9.90 Å². The second-order valence-electron chi connectivity index (χ2n) is 6.53. The van der Waals surface area contributed by atoms with Crippen LogP contribution in [0, 0.1) is 0 Å². The summed E-state index contributed by atoms with van der Waals surface area (Å²) >= 11 is 6.05. The third kappa shape index (κ3) is 5.09. The highest BCUT2D eigenvalue weighted by molar-refractivity contribution is 6.32. The lowest BCUT2D eigenvalue weighted by Crippen LogP contribution is -2.49. The Hall–Kier alpha value is -2.44. The van der Waals surface area contributed by atoms with Gasteiger partial charge in [0.1, 0.15) is 12.4 Å². The lowest BCUT2D eigenvalue weighted by molar-refractivity contribution is 0.0620. The number of nitrogens with zero attached hydrogens (tertiary/aromatic N) is 2. The van der Waals surface area contributed by atoms with Crippen molar-refractivity contribution in [1.29, 1.82) is 0 Å². The summed E-state index contributed by atoms with van der Waals surface area (Å²) in [6, 6.07) is 12.8. The zero-order valence-electron chi connectivity index (χ0n) is 15.9. The third-order valence-electron chi connectivity index (χ3n) is 4.65. The highest BCUT2D eigenvalue weighted by atomic mass is 35.5. The summed E-state index contributed by atoms with van der Waals surface area (Å²) in [4.78, 5) is 16.9. The molecule has 2 aromatic rings. The molecule has 0 saturated carbocycles. The van der Waals surface area contributed by atoms with Crippen molar-refractivity contribution in [3.05, 3.63) is 53.1 Å². The molecule has 0 aromatic heterocycles. The molecule has 1 amide bonds. The van der Waals surface area contributed by atoms with E-state index in [1.54, 1.807) is 11.0 Å². The van der Waals surface area contributed by atoms with Crippen LogP contribution < -0.4 is 9.47 Å². The van der Waals surface area contributed by atoms with Crippen LogP contribution in [0.25, 0.3) is 0 Å². The quantitative estimate of drug-likeness (QED) is 0.767. The number of aromatic hydroxyl groups is 1. The van der Waals surface area contributed by atoms with Gasteiger partial charge in [0.05, 0.1) is 11.6 Å². The topological polar surface area (TPSA) is 62.2 Å². The minimum absolute atomic E-state index is 0.108. The van der Waals surface area contributed by atoms with Gasteiger partial charge in [-0.2, -0.15) is 0 Å². The maximum atomic E-state index is 12.8. The predicted molar refractivity (Wildman–Crippen MR) is 109 cm³/mol. The maximum absolute atomic E-state index is 12.8. The molecule has 1 aliphatic heterocycles. The van der Waals surface area contributed by atoms with Gasteiger partial charge in [-0.3, -0.25) is 9.69 Å². The molecule has 1 fully saturated rings. The van der Waals surface area contributed by atoms with Crippen molar-refractivity contribution in [2.75, 3.05) is 45.9 Å². The first-order valence-corrected chi connectivity index (χ1v) is 9.81. The normalized spacial score (nSPS) is 14.7. The minimum atomic E-state index is -0.136. The molecule has 7 heteroatoms. The lowest BCUT2D eigenvalue weighted by atomic mass is 10.1. The van der Waals surface area contributed by atoms with Gasteiger partial charge >= 0.3 is 0 Å². The molecule has 0 atom stereocenters. The van der Waals surface area contributed by atoms with E-state index in [-0.39, 0.29) is 22.4 Å². The number of carbonyl (C=O) groups is 1. The summed E-state index contributed by atoms with van der Waals surface area (Å²) in [6.07, 6.45) is 0. The van der Waals surface area contributed by atoms with Crippen molar-refractivity contribution >= 4 is 17.5 Å². The number of para-hydroxylation sites is 1. The molecule has 150 valence electrons. The third-order valence-corrected chi connectivity index (χ3v) is 4.94. The molecular weight excluding hydrogens is 380 g/mol. The van der Waals surface area contributed by atoms with Crippen LogP contribution in [0.2, 0.25) is 5.02 Å². The number of phenols is 1.